The molecule has 0 spiro atoms. The maximum atomic E-state index is 14.5. The standard InChI is InChI=1S/C45H67FNO8PSi2/c1-31(2)42-38(24-23-36-27-37(28-40(48)52-25-26-57(11,12)13)55-58(54-36,44(5,6)7)45(8,9)10)41(33-19-21-34(46)22-20-33)39(43(47-42)32(3)4)29-51-30-56(49,50)53-35-17-15-14-16-18-35/h14-24,31-32,36-37H,25-30H2,1-13H3,(H,49,50)/b24-23+/t36-,37-/m1/s1. The van der Waals surface area contributed by atoms with Crippen molar-refractivity contribution in [2.24, 2.45) is 0 Å². The zero-order valence-electron chi connectivity index (χ0n) is 37.0. The first-order valence-corrected chi connectivity index (χ1v) is 27.8. The van der Waals surface area contributed by atoms with Crippen molar-refractivity contribution in [1.29, 1.82) is 0 Å². The molecule has 0 bridgehead atoms. The number of para-hydroxylation sites is 1. The van der Waals surface area contributed by atoms with Gasteiger partial charge in [-0.2, -0.15) is 0 Å². The lowest BCUT2D eigenvalue weighted by molar-refractivity contribution is -0.146. The van der Waals surface area contributed by atoms with Crippen LogP contribution in [0.4, 0.5) is 4.39 Å². The van der Waals surface area contributed by atoms with E-state index in [4.69, 9.17) is 27.8 Å². The van der Waals surface area contributed by atoms with Gasteiger partial charge in [-0.05, 0) is 53.3 Å². The first-order chi connectivity index (χ1) is 26.8. The second kappa shape index (κ2) is 19.2. The maximum absolute atomic E-state index is 14.5. The van der Waals surface area contributed by atoms with Crippen molar-refractivity contribution in [3.05, 3.63) is 89.0 Å². The van der Waals surface area contributed by atoms with Crippen molar-refractivity contribution in [2.75, 3.05) is 13.0 Å². The molecule has 1 aliphatic heterocycles. The van der Waals surface area contributed by atoms with Crippen LogP contribution in [0.2, 0.25) is 35.8 Å². The molecular formula is C45H67FNO8PSi2. The van der Waals surface area contributed by atoms with E-state index in [2.05, 4.69) is 81.1 Å². The average molecular weight is 856 g/mol. The summed E-state index contributed by atoms with van der Waals surface area (Å²) in [6.45, 7) is 28.3. The highest BCUT2D eigenvalue weighted by Gasteiger charge is 2.62. The second-order valence-corrected chi connectivity index (χ2v) is 31.4. The molecule has 2 heterocycles. The van der Waals surface area contributed by atoms with E-state index < -0.39 is 42.8 Å². The zero-order valence-corrected chi connectivity index (χ0v) is 39.9. The SMILES string of the molecule is CC(C)c1nc(C(C)C)c(COCP(=O)(O)Oc2ccccc2)c(-c2ccc(F)cc2)c1/C=C/[C@@H]1C[C@H](CC(=O)OCC[Si](C)(C)C)O[Si](C(C)(C)C)(C(C)(C)C)O1. The average Bonchev–Trinajstić information content (AvgIpc) is 3.09. The minimum absolute atomic E-state index is 0.00449. The van der Waals surface area contributed by atoms with Crippen LogP contribution in [0.5, 0.6) is 5.75 Å². The van der Waals surface area contributed by atoms with Gasteiger partial charge in [0.05, 0.1) is 37.5 Å². The Bertz CT molecular complexity index is 1900. The molecule has 1 saturated heterocycles. The Kier molecular flexibility index (Phi) is 15.8. The molecule has 58 heavy (non-hydrogen) atoms. The lowest BCUT2D eigenvalue weighted by atomic mass is 9.87. The van der Waals surface area contributed by atoms with Crippen molar-refractivity contribution in [3.8, 4) is 16.9 Å². The molecule has 3 aromatic rings. The molecule has 0 radical (unpaired) electrons. The summed E-state index contributed by atoms with van der Waals surface area (Å²) in [4.78, 5) is 29.3. The molecule has 9 nitrogen and oxygen atoms in total. The maximum Gasteiger partial charge on any atom is 0.402 e. The first kappa shape index (κ1) is 47.7. The number of hydrogen-bond donors (Lipinski definition) is 1. The van der Waals surface area contributed by atoms with E-state index in [1.54, 1.807) is 42.5 Å². The molecular weight excluding hydrogens is 789 g/mol. The van der Waals surface area contributed by atoms with Crippen molar-refractivity contribution in [2.45, 2.75) is 148 Å². The van der Waals surface area contributed by atoms with Gasteiger partial charge in [0, 0.05) is 41.4 Å². The summed E-state index contributed by atoms with van der Waals surface area (Å²) in [6.07, 6.45) is 3.30. The van der Waals surface area contributed by atoms with Gasteiger partial charge >= 0.3 is 22.1 Å². The van der Waals surface area contributed by atoms with Crippen LogP contribution in [0.1, 0.15) is 116 Å². The summed E-state index contributed by atoms with van der Waals surface area (Å²) < 4.78 is 59.0. The fraction of sp³-hybridized carbons (Fsp3) is 0.556. The molecule has 0 saturated carbocycles. The number of halogens is 1. The third-order valence-corrected chi connectivity index (χ3v) is 18.2. The van der Waals surface area contributed by atoms with E-state index >= 15 is 0 Å². The minimum Gasteiger partial charge on any atom is -0.466 e. The Hall–Kier alpha value is -2.97. The predicted octanol–water partition coefficient (Wildman–Crippen LogP) is 12.4. The van der Waals surface area contributed by atoms with Crippen LogP contribution in [0.15, 0.2) is 60.7 Å². The number of benzene rings is 2. The molecule has 0 amide bonds. The summed E-state index contributed by atoms with van der Waals surface area (Å²) in [5, 5.41) is -0.692. The summed E-state index contributed by atoms with van der Waals surface area (Å²) in [5.74, 6) is -0.408. The van der Waals surface area contributed by atoms with E-state index in [9.17, 15) is 18.6 Å². The fourth-order valence-corrected chi connectivity index (χ4v) is 14.1. The van der Waals surface area contributed by atoms with Crippen LogP contribution in [-0.4, -0.2) is 57.6 Å². The topological polar surface area (TPSA) is 113 Å². The molecule has 1 aliphatic rings. The third-order valence-electron chi connectivity index (χ3n) is 10.2. The van der Waals surface area contributed by atoms with Gasteiger partial charge < -0.3 is 27.7 Å². The van der Waals surface area contributed by atoms with Crippen LogP contribution >= 0.6 is 7.60 Å². The van der Waals surface area contributed by atoms with Gasteiger partial charge in [0.25, 0.3) is 0 Å². The van der Waals surface area contributed by atoms with Crippen LogP contribution in [0.3, 0.4) is 0 Å². The van der Waals surface area contributed by atoms with Crippen molar-refractivity contribution < 1.29 is 41.5 Å². The minimum atomic E-state index is -4.18. The number of rotatable bonds is 16. The summed E-state index contributed by atoms with van der Waals surface area (Å²) in [6, 6.07) is 15.7. The van der Waals surface area contributed by atoms with Crippen LogP contribution in [-0.2, 0) is 34.3 Å². The van der Waals surface area contributed by atoms with Gasteiger partial charge in [-0.1, -0.05) is 131 Å². The lowest BCUT2D eigenvalue weighted by Crippen LogP contribution is -2.63. The number of ether oxygens (including phenoxy) is 2. The van der Waals surface area contributed by atoms with E-state index in [1.807, 2.05) is 19.9 Å². The zero-order chi connectivity index (χ0) is 43.3. The second-order valence-electron chi connectivity index (χ2n) is 19.3. The van der Waals surface area contributed by atoms with Gasteiger partial charge in [-0.15, -0.1) is 0 Å². The monoisotopic (exact) mass is 855 g/mol. The van der Waals surface area contributed by atoms with E-state index in [1.165, 1.54) is 12.1 Å². The first-order valence-electron chi connectivity index (χ1n) is 20.5. The predicted molar refractivity (Wildman–Crippen MR) is 237 cm³/mol. The van der Waals surface area contributed by atoms with Gasteiger partial charge in [-0.25, -0.2) is 8.96 Å². The highest BCUT2D eigenvalue weighted by Crippen LogP contribution is 2.55. The third kappa shape index (κ3) is 12.5. The van der Waals surface area contributed by atoms with E-state index in [0.717, 1.165) is 39.7 Å². The number of hydrogen-bond acceptors (Lipinski definition) is 8. The summed E-state index contributed by atoms with van der Waals surface area (Å²) in [5.41, 5.74) is 4.70. The van der Waals surface area contributed by atoms with Gasteiger partial charge in [-0.3, -0.25) is 9.78 Å². The molecule has 1 aromatic heterocycles. The molecule has 4 rings (SSSR count). The summed E-state index contributed by atoms with van der Waals surface area (Å²) in [7, 11) is -8.66. The van der Waals surface area contributed by atoms with Crippen molar-refractivity contribution in [3.63, 3.8) is 0 Å². The molecule has 1 unspecified atom stereocenters. The number of esters is 1. The Morgan fingerprint density at radius 2 is 1.57 bits per heavy atom. The Morgan fingerprint density at radius 1 is 0.966 bits per heavy atom. The van der Waals surface area contributed by atoms with Crippen molar-refractivity contribution >= 4 is 36.3 Å². The van der Waals surface area contributed by atoms with Crippen LogP contribution in [0, 0.1) is 5.82 Å². The normalized spacial score (nSPS) is 18.8. The van der Waals surface area contributed by atoms with Crippen molar-refractivity contribution in [1.82, 2.24) is 4.98 Å². The van der Waals surface area contributed by atoms with E-state index in [-0.39, 0.29) is 52.5 Å². The number of carbonyl (C=O) groups excluding carboxylic acids is 1. The molecule has 0 aliphatic carbocycles. The van der Waals surface area contributed by atoms with E-state index in [0.29, 0.717) is 13.0 Å². The Labute approximate surface area is 348 Å². The van der Waals surface area contributed by atoms with Crippen LogP contribution < -0.4 is 4.52 Å². The number of carbonyl (C=O) groups is 1. The lowest BCUT2D eigenvalue weighted by Gasteiger charge is -2.54. The quantitative estimate of drug-likeness (QED) is 0.0854. The highest BCUT2D eigenvalue weighted by atomic mass is 31.2. The highest BCUT2D eigenvalue weighted by molar-refractivity contribution is 7.53. The Morgan fingerprint density at radius 3 is 2.12 bits per heavy atom. The Balaban J connectivity index is 1.82. The van der Waals surface area contributed by atoms with Crippen LogP contribution in [0.25, 0.3) is 17.2 Å². The smallest absolute Gasteiger partial charge is 0.402 e. The molecule has 3 atom stereocenters. The number of aromatic nitrogens is 1. The molecule has 2 aromatic carbocycles. The molecule has 1 fully saturated rings. The van der Waals surface area contributed by atoms with Gasteiger partial charge in [0.2, 0.25) is 0 Å². The number of nitrogens with zero attached hydrogens (tertiary/aromatic N) is 1. The molecule has 1 N–H and O–H groups in total. The summed E-state index contributed by atoms with van der Waals surface area (Å²) >= 11 is 0. The molecule has 13 heteroatoms. The van der Waals surface area contributed by atoms with Gasteiger partial charge in [0.1, 0.15) is 11.6 Å². The number of pyridine rings is 1. The largest absolute Gasteiger partial charge is 0.466 e. The molecule has 320 valence electrons. The fourth-order valence-electron chi connectivity index (χ4n) is 7.62. The van der Waals surface area contributed by atoms with Gasteiger partial charge in [0.15, 0.2) is 6.35 Å².